The molecule has 0 aliphatic heterocycles. The Kier molecular flexibility index (Phi) is 7.33. The average Bonchev–Trinajstić information content (AvgIpc) is 3.50. The normalized spacial score (nSPS) is 11.1. The van der Waals surface area contributed by atoms with E-state index in [0.29, 0.717) is 51.9 Å². The van der Waals surface area contributed by atoms with Gasteiger partial charge < -0.3 is 24.7 Å². The number of carbonyl (C=O) groups excluding carboxylic acids is 1. The van der Waals surface area contributed by atoms with Gasteiger partial charge >= 0.3 is 0 Å². The van der Waals surface area contributed by atoms with Crippen LogP contribution in [0.15, 0.2) is 66.1 Å². The van der Waals surface area contributed by atoms with Gasteiger partial charge in [0.2, 0.25) is 5.88 Å². The Bertz CT molecular complexity index is 1690. The van der Waals surface area contributed by atoms with E-state index in [0.717, 1.165) is 22.0 Å². The van der Waals surface area contributed by atoms with E-state index in [9.17, 15) is 9.90 Å². The number of phenolic OH excluding ortho intramolecular Hbond substituents is 1. The van der Waals surface area contributed by atoms with Crippen LogP contribution in [0, 0.1) is 5.41 Å². The number of nitrogens with one attached hydrogen (secondary N) is 3. The van der Waals surface area contributed by atoms with Gasteiger partial charge in [0.1, 0.15) is 11.6 Å². The van der Waals surface area contributed by atoms with Gasteiger partial charge in [-0.3, -0.25) is 10.2 Å². The summed E-state index contributed by atoms with van der Waals surface area (Å²) in [5.74, 6) is 0.833. The van der Waals surface area contributed by atoms with Gasteiger partial charge in [0.15, 0.2) is 5.16 Å². The number of thioether (sulfide) groups is 1. The molecule has 39 heavy (non-hydrogen) atoms. The van der Waals surface area contributed by atoms with Gasteiger partial charge in [-0.05, 0) is 66.7 Å². The zero-order chi connectivity index (χ0) is 27.5. The van der Waals surface area contributed by atoms with Crippen molar-refractivity contribution >= 4 is 33.7 Å². The molecule has 10 nitrogen and oxygen atoms in total. The van der Waals surface area contributed by atoms with E-state index in [1.807, 2.05) is 36.0 Å². The molecule has 0 aliphatic carbocycles. The van der Waals surface area contributed by atoms with E-state index in [2.05, 4.69) is 25.3 Å². The number of H-pyrrole nitrogens is 1. The number of ether oxygens (including phenoxy) is 1. The molecule has 198 valence electrons. The summed E-state index contributed by atoms with van der Waals surface area (Å²) in [5.41, 5.74) is 4.82. The van der Waals surface area contributed by atoms with E-state index in [1.165, 1.54) is 11.8 Å². The zero-order valence-electron chi connectivity index (χ0n) is 21.6. The molecular formula is C28H27N7O3S. The van der Waals surface area contributed by atoms with E-state index in [4.69, 9.17) is 10.1 Å². The molecule has 11 heteroatoms. The molecule has 3 aromatic heterocycles. The first kappa shape index (κ1) is 26.0. The number of fused-ring (bicyclic) bond motifs is 1. The van der Waals surface area contributed by atoms with Crippen LogP contribution in [0.25, 0.3) is 33.5 Å². The topological polar surface area (TPSA) is 142 Å². The number of pyridine rings is 1. The average molecular weight is 542 g/mol. The SMILES string of the molecule is COc1ncccc1-c1ccc(O)c(-c2nc3ccc(C(=O)NCCc4cn(C)c(SC(C)=N)n4)cc3[nH]2)c1. The summed E-state index contributed by atoms with van der Waals surface area (Å²) < 4.78 is 7.26. The molecule has 0 saturated heterocycles. The van der Waals surface area contributed by atoms with Crippen LogP contribution < -0.4 is 10.1 Å². The van der Waals surface area contributed by atoms with Crippen molar-refractivity contribution in [1.82, 2.24) is 29.8 Å². The van der Waals surface area contributed by atoms with Crippen molar-refractivity contribution in [3.05, 3.63) is 72.2 Å². The Morgan fingerprint density at radius 3 is 2.82 bits per heavy atom. The van der Waals surface area contributed by atoms with Gasteiger partial charge in [-0.2, -0.15) is 0 Å². The predicted octanol–water partition coefficient (Wildman–Crippen LogP) is 4.80. The highest BCUT2D eigenvalue weighted by Gasteiger charge is 2.15. The van der Waals surface area contributed by atoms with Crippen LogP contribution in [0.5, 0.6) is 11.6 Å². The second-order valence-electron chi connectivity index (χ2n) is 8.90. The van der Waals surface area contributed by atoms with Crippen LogP contribution in [0.2, 0.25) is 0 Å². The minimum atomic E-state index is -0.206. The maximum atomic E-state index is 12.8. The third-order valence-corrected chi connectivity index (χ3v) is 6.93. The molecule has 3 heterocycles. The van der Waals surface area contributed by atoms with Gasteiger partial charge in [-0.15, -0.1) is 0 Å². The molecule has 0 atom stereocenters. The highest BCUT2D eigenvalue weighted by atomic mass is 32.2. The summed E-state index contributed by atoms with van der Waals surface area (Å²) in [5, 5.41) is 22.4. The maximum Gasteiger partial charge on any atom is 0.251 e. The zero-order valence-corrected chi connectivity index (χ0v) is 22.5. The van der Waals surface area contributed by atoms with Crippen LogP contribution in [-0.2, 0) is 13.5 Å². The lowest BCUT2D eigenvalue weighted by molar-refractivity contribution is 0.0954. The molecule has 2 aromatic carbocycles. The summed E-state index contributed by atoms with van der Waals surface area (Å²) >= 11 is 1.30. The number of aromatic hydroxyl groups is 1. The molecule has 0 saturated carbocycles. The lowest BCUT2D eigenvalue weighted by Crippen LogP contribution is -2.25. The predicted molar refractivity (Wildman–Crippen MR) is 151 cm³/mol. The fourth-order valence-electron chi connectivity index (χ4n) is 4.21. The Hall–Kier alpha value is -4.64. The number of phenols is 1. The highest BCUT2D eigenvalue weighted by molar-refractivity contribution is 8.13. The number of aromatic amines is 1. The first-order chi connectivity index (χ1) is 18.8. The second-order valence-corrected chi connectivity index (χ2v) is 10.1. The fourth-order valence-corrected chi connectivity index (χ4v) is 4.85. The molecule has 4 N–H and O–H groups in total. The minimum Gasteiger partial charge on any atom is -0.507 e. The molecule has 0 fully saturated rings. The Morgan fingerprint density at radius 1 is 1.18 bits per heavy atom. The van der Waals surface area contributed by atoms with Crippen molar-refractivity contribution in [3.8, 4) is 34.1 Å². The summed E-state index contributed by atoms with van der Waals surface area (Å²) in [4.78, 5) is 29.5. The quantitative estimate of drug-likeness (QED) is 0.126. The van der Waals surface area contributed by atoms with Gasteiger partial charge in [-0.1, -0.05) is 6.07 Å². The van der Waals surface area contributed by atoms with Crippen LogP contribution in [0.1, 0.15) is 23.0 Å². The van der Waals surface area contributed by atoms with Crippen molar-refractivity contribution in [2.75, 3.05) is 13.7 Å². The fraction of sp³-hybridized carbons (Fsp3) is 0.179. The van der Waals surface area contributed by atoms with Crippen molar-refractivity contribution in [2.45, 2.75) is 18.5 Å². The van der Waals surface area contributed by atoms with Crippen molar-refractivity contribution in [1.29, 1.82) is 5.41 Å². The van der Waals surface area contributed by atoms with Gasteiger partial charge in [0.25, 0.3) is 5.91 Å². The smallest absolute Gasteiger partial charge is 0.251 e. The van der Waals surface area contributed by atoms with Crippen molar-refractivity contribution in [2.24, 2.45) is 7.05 Å². The lowest BCUT2D eigenvalue weighted by Gasteiger charge is -2.09. The van der Waals surface area contributed by atoms with E-state index < -0.39 is 0 Å². The maximum absolute atomic E-state index is 12.8. The number of benzene rings is 2. The largest absolute Gasteiger partial charge is 0.507 e. The van der Waals surface area contributed by atoms with E-state index in [-0.39, 0.29) is 11.7 Å². The lowest BCUT2D eigenvalue weighted by atomic mass is 10.0. The molecule has 0 bridgehead atoms. The van der Waals surface area contributed by atoms with E-state index in [1.54, 1.807) is 50.6 Å². The molecule has 0 spiro atoms. The molecular weight excluding hydrogens is 514 g/mol. The van der Waals surface area contributed by atoms with Gasteiger partial charge in [0, 0.05) is 43.5 Å². The Labute approximate surface area is 229 Å². The minimum absolute atomic E-state index is 0.0745. The molecule has 5 rings (SSSR count). The number of imidazole rings is 2. The number of hydrogen-bond acceptors (Lipinski definition) is 8. The number of aryl methyl sites for hydroxylation is 1. The van der Waals surface area contributed by atoms with Crippen LogP contribution in [0.4, 0.5) is 0 Å². The number of hydrogen-bond donors (Lipinski definition) is 4. The van der Waals surface area contributed by atoms with Crippen LogP contribution in [-0.4, -0.2) is 54.2 Å². The number of amides is 1. The van der Waals surface area contributed by atoms with Gasteiger partial charge in [0.05, 0.1) is 34.4 Å². The van der Waals surface area contributed by atoms with Gasteiger partial charge in [-0.25, -0.2) is 15.0 Å². The first-order valence-corrected chi connectivity index (χ1v) is 13.0. The number of nitrogens with zero attached hydrogens (tertiary/aromatic N) is 4. The molecule has 1 amide bonds. The number of rotatable bonds is 8. The van der Waals surface area contributed by atoms with Crippen LogP contribution in [0.3, 0.4) is 0 Å². The first-order valence-electron chi connectivity index (χ1n) is 12.2. The molecule has 5 aromatic rings. The van der Waals surface area contributed by atoms with Crippen LogP contribution >= 0.6 is 11.8 Å². The highest BCUT2D eigenvalue weighted by Crippen LogP contribution is 2.35. The third-order valence-electron chi connectivity index (χ3n) is 6.07. The van der Waals surface area contributed by atoms with E-state index >= 15 is 0 Å². The standard InChI is InChI=1S/C28H27N7O3S/c1-16(29)39-28-32-19(15-35(28)2)10-12-30-26(37)18-6-8-22-23(14-18)34-25(33-22)21-13-17(7-9-24(21)36)20-5-4-11-31-27(20)38-3/h4-9,11,13-15,29,36H,10,12H2,1-3H3,(H,30,37)(H,33,34). The number of carbonyl (C=O) groups is 1. The Morgan fingerprint density at radius 2 is 2.03 bits per heavy atom. The molecule has 0 radical (unpaired) electrons. The molecule has 0 unspecified atom stereocenters. The molecule has 0 aliphatic rings. The van der Waals surface area contributed by atoms with Crippen molar-refractivity contribution < 1.29 is 14.6 Å². The summed E-state index contributed by atoms with van der Waals surface area (Å²) in [6.45, 7) is 2.15. The Balaban J connectivity index is 1.32. The monoisotopic (exact) mass is 541 g/mol. The third kappa shape index (κ3) is 5.63. The summed E-state index contributed by atoms with van der Waals surface area (Å²) in [6.07, 6.45) is 4.14. The second kappa shape index (κ2) is 11.0. The van der Waals surface area contributed by atoms with Crippen molar-refractivity contribution in [3.63, 3.8) is 0 Å². The summed E-state index contributed by atoms with van der Waals surface area (Å²) in [7, 11) is 3.45. The number of methoxy groups -OCH3 is 1. The number of aromatic nitrogens is 5. The summed E-state index contributed by atoms with van der Waals surface area (Å²) in [6, 6.07) is 14.2.